The minimum absolute atomic E-state index is 0.221. The summed E-state index contributed by atoms with van der Waals surface area (Å²) in [6.45, 7) is 3.51. The van der Waals surface area contributed by atoms with Crippen molar-refractivity contribution in [2.75, 3.05) is 19.5 Å². The van der Waals surface area contributed by atoms with E-state index in [4.69, 9.17) is 14.0 Å². The molecule has 3 aromatic rings. The fraction of sp³-hybridized carbons (Fsp3) is 0.294. The van der Waals surface area contributed by atoms with Crippen LogP contribution in [0, 0.1) is 6.92 Å². The van der Waals surface area contributed by atoms with E-state index in [1.807, 2.05) is 12.1 Å². The van der Waals surface area contributed by atoms with Crippen molar-refractivity contribution in [3.63, 3.8) is 0 Å². The number of aromatic amines is 1. The van der Waals surface area contributed by atoms with Gasteiger partial charge in [-0.3, -0.25) is 9.89 Å². The van der Waals surface area contributed by atoms with Crippen LogP contribution in [0.5, 0.6) is 11.5 Å². The number of aromatic nitrogens is 4. The lowest BCUT2D eigenvalue weighted by Gasteiger charge is -2.08. The Morgan fingerprint density at radius 1 is 1.30 bits per heavy atom. The van der Waals surface area contributed by atoms with E-state index >= 15 is 0 Å². The van der Waals surface area contributed by atoms with Crippen molar-refractivity contribution in [2.24, 2.45) is 0 Å². The fourth-order valence-electron chi connectivity index (χ4n) is 2.28. The Labute approximate surface area is 159 Å². The SMILES string of the molecule is COc1ccc(-c2nc(SC(C)C(=O)Nc3cc(C)on3)n[nH]2)c(OC)c1. The summed E-state index contributed by atoms with van der Waals surface area (Å²) in [4.78, 5) is 16.7. The number of rotatable bonds is 7. The average Bonchev–Trinajstić information content (AvgIpc) is 3.29. The average molecular weight is 389 g/mol. The zero-order valence-electron chi connectivity index (χ0n) is 15.3. The third-order valence-electron chi connectivity index (χ3n) is 3.66. The van der Waals surface area contributed by atoms with Crippen LogP contribution in [0.3, 0.4) is 0 Å². The van der Waals surface area contributed by atoms with Gasteiger partial charge in [0.15, 0.2) is 11.6 Å². The molecule has 2 heterocycles. The molecule has 0 aliphatic carbocycles. The van der Waals surface area contributed by atoms with Gasteiger partial charge < -0.3 is 19.3 Å². The molecule has 9 nitrogen and oxygen atoms in total. The molecule has 0 saturated carbocycles. The lowest BCUT2D eigenvalue weighted by atomic mass is 10.2. The third-order valence-corrected chi connectivity index (χ3v) is 4.62. The van der Waals surface area contributed by atoms with Gasteiger partial charge in [-0.15, -0.1) is 5.10 Å². The molecule has 0 aliphatic rings. The number of carbonyl (C=O) groups excluding carboxylic acids is 1. The Balaban J connectivity index is 1.69. The molecule has 1 atom stereocenters. The normalized spacial score (nSPS) is 11.9. The summed E-state index contributed by atoms with van der Waals surface area (Å²) >= 11 is 1.22. The van der Waals surface area contributed by atoms with E-state index in [0.717, 1.165) is 5.56 Å². The first-order chi connectivity index (χ1) is 13.0. The first-order valence-electron chi connectivity index (χ1n) is 8.05. The van der Waals surface area contributed by atoms with Gasteiger partial charge in [-0.25, -0.2) is 4.98 Å². The molecule has 3 rings (SSSR count). The topological polar surface area (TPSA) is 115 Å². The number of benzene rings is 1. The predicted molar refractivity (Wildman–Crippen MR) is 100 cm³/mol. The van der Waals surface area contributed by atoms with E-state index in [0.29, 0.717) is 34.1 Å². The lowest BCUT2D eigenvalue weighted by Crippen LogP contribution is -2.22. The molecule has 0 saturated heterocycles. The quantitative estimate of drug-likeness (QED) is 0.593. The highest BCUT2D eigenvalue weighted by atomic mass is 32.2. The highest BCUT2D eigenvalue weighted by molar-refractivity contribution is 8.00. The zero-order chi connectivity index (χ0) is 19.4. The highest BCUT2D eigenvalue weighted by Gasteiger charge is 2.19. The number of ether oxygens (including phenoxy) is 2. The number of nitrogens with one attached hydrogen (secondary N) is 2. The Kier molecular flexibility index (Phi) is 5.65. The molecule has 0 aliphatic heterocycles. The number of aryl methyl sites for hydroxylation is 1. The van der Waals surface area contributed by atoms with Crippen LogP contribution in [-0.4, -0.2) is 45.7 Å². The van der Waals surface area contributed by atoms with Crippen LogP contribution in [0.4, 0.5) is 5.82 Å². The maximum atomic E-state index is 12.3. The van der Waals surface area contributed by atoms with Crippen molar-refractivity contribution in [3.05, 3.63) is 30.0 Å². The first kappa shape index (κ1) is 18.8. The second-order valence-electron chi connectivity index (χ2n) is 5.60. The molecule has 1 aromatic carbocycles. The van der Waals surface area contributed by atoms with E-state index in [-0.39, 0.29) is 5.91 Å². The molecule has 142 valence electrons. The summed E-state index contributed by atoms with van der Waals surface area (Å²) in [5.41, 5.74) is 0.743. The van der Waals surface area contributed by atoms with Crippen molar-refractivity contribution < 1.29 is 18.8 Å². The van der Waals surface area contributed by atoms with Gasteiger partial charge in [-0.2, -0.15) is 0 Å². The maximum Gasteiger partial charge on any atom is 0.238 e. The number of thioether (sulfide) groups is 1. The van der Waals surface area contributed by atoms with Gasteiger partial charge in [0.05, 0.1) is 25.0 Å². The number of methoxy groups -OCH3 is 2. The van der Waals surface area contributed by atoms with E-state index in [1.54, 1.807) is 40.2 Å². The van der Waals surface area contributed by atoms with Crippen molar-refractivity contribution in [1.29, 1.82) is 0 Å². The molecule has 1 amide bonds. The Bertz CT molecular complexity index is 939. The van der Waals surface area contributed by atoms with Gasteiger partial charge in [0.25, 0.3) is 0 Å². The summed E-state index contributed by atoms with van der Waals surface area (Å²) < 4.78 is 15.5. The van der Waals surface area contributed by atoms with Crippen molar-refractivity contribution in [1.82, 2.24) is 20.3 Å². The minimum Gasteiger partial charge on any atom is -0.497 e. The first-order valence-corrected chi connectivity index (χ1v) is 8.93. The predicted octanol–water partition coefficient (Wildman–Crippen LogP) is 2.90. The van der Waals surface area contributed by atoms with Gasteiger partial charge in [0, 0.05) is 12.1 Å². The van der Waals surface area contributed by atoms with Gasteiger partial charge in [-0.1, -0.05) is 16.9 Å². The molecule has 2 N–H and O–H groups in total. The molecule has 27 heavy (non-hydrogen) atoms. The largest absolute Gasteiger partial charge is 0.497 e. The van der Waals surface area contributed by atoms with Crippen molar-refractivity contribution >= 4 is 23.5 Å². The van der Waals surface area contributed by atoms with Crippen LogP contribution in [0.1, 0.15) is 12.7 Å². The number of amides is 1. The van der Waals surface area contributed by atoms with E-state index in [2.05, 4.69) is 25.7 Å². The van der Waals surface area contributed by atoms with E-state index < -0.39 is 5.25 Å². The monoisotopic (exact) mass is 389 g/mol. The van der Waals surface area contributed by atoms with Crippen LogP contribution >= 0.6 is 11.8 Å². The van der Waals surface area contributed by atoms with Crippen LogP contribution in [-0.2, 0) is 4.79 Å². The van der Waals surface area contributed by atoms with Crippen molar-refractivity contribution in [3.8, 4) is 22.9 Å². The molecule has 0 spiro atoms. The number of nitrogens with zero attached hydrogens (tertiary/aromatic N) is 3. The fourth-order valence-corrected chi connectivity index (χ4v) is 3.00. The molecule has 0 radical (unpaired) electrons. The summed E-state index contributed by atoms with van der Waals surface area (Å²) in [5, 5.41) is 13.5. The summed E-state index contributed by atoms with van der Waals surface area (Å²) in [5.74, 6) is 2.60. The zero-order valence-corrected chi connectivity index (χ0v) is 16.1. The maximum absolute atomic E-state index is 12.3. The molecule has 1 unspecified atom stereocenters. The highest BCUT2D eigenvalue weighted by Crippen LogP contribution is 2.32. The number of H-pyrrole nitrogens is 1. The standard InChI is InChI=1S/C17H19N5O4S/c1-9-7-14(22-26-9)18-16(23)10(2)27-17-19-15(20-21-17)12-6-5-11(24-3)8-13(12)25-4/h5-8,10H,1-4H3,(H,18,22,23)(H,19,20,21). The second-order valence-corrected chi connectivity index (χ2v) is 6.91. The smallest absolute Gasteiger partial charge is 0.238 e. The van der Waals surface area contributed by atoms with Gasteiger partial charge in [0.2, 0.25) is 11.1 Å². The Hall–Kier alpha value is -3.01. The molecular formula is C17H19N5O4S. The lowest BCUT2D eigenvalue weighted by molar-refractivity contribution is -0.115. The molecule has 2 aromatic heterocycles. The van der Waals surface area contributed by atoms with Gasteiger partial charge in [-0.05, 0) is 26.0 Å². The van der Waals surface area contributed by atoms with Crippen LogP contribution < -0.4 is 14.8 Å². The van der Waals surface area contributed by atoms with E-state index in [9.17, 15) is 4.79 Å². The van der Waals surface area contributed by atoms with Gasteiger partial charge in [0.1, 0.15) is 17.3 Å². The number of anilines is 1. The Morgan fingerprint density at radius 3 is 2.78 bits per heavy atom. The molecule has 0 bridgehead atoms. The van der Waals surface area contributed by atoms with Crippen LogP contribution in [0.2, 0.25) is 0 Å². The second kappa shape index (κ2) is 8.12. The summed E-state index contributed by atoms with van der Waals surface area (Å²) in [7, 11) is 3.16. The number of carbonyl (C=O) groups is 1. The number of hydrogen-bond donors (Lipinski definition) is 2. The summed E-state index contributed by atoms with van der Waals surface area (Å²) in [6.07, 6.45) is 0. The molecular weight excluding hydrogens is 370 g/mol. The molecule has 10 heteroatoms. The van der Waals surface area contributed by atoms with E-state index in [1.165, 1.54) is 11.8 Å². The van der Waals surface area contributed by atoms with Crippen LogP contribution in [0.15, 0.2) is 33.9 Å². The van der Waals surface area contributed by atoms with Crippen molar-refractivity contribution in [2.45, 2.75) is 24.3 Å². The van der Waals surface area contributed by atoms with Crippen LogP contribution in [0.25, 0.3) is 11.4 Å². The third kappa shape index (κ3) is 4.40. The molecule has 0 fully saturated rings. The summed E-state index contributed by atoms with van der Waals surface area (Å²) in [6, 6.07) is 7.05. The number of hydrogen-bond acceptors (Lipinski definition) is 8. The Morgan fingerprint density at radius 2 is 2.11 bits per heavy atom. The van der Waals surface area contributed by atoms with Gasteiger partial charge >= 0.3 is 0 Å². The minimum atomic E-state index is -0.427.